The number of carbonyl (C=O) groups excluding carboxylic acids is 2. The van der Waals surface area contributed by atoms with E-state index in [0.29, 0.717) is 29.2 Å². The van der Waals surface area contributed by atoms with Crippen LogP contribution in [-0.4, -0.2) is 52.0 Å². The number of nitrogens with zero attached hydrogens (tertiary/aromatic N) is 2. The summed E-state index contributed by atoms with van der Waals surface area (Å²) in [6, 6.07) is 9.29. The first-order chi connectivity index (χ1) is 13.5. The molecule has 0 unspecified atom stereocenters. The van der Waals surface area contributed by atoms with Gasteiger partial charge in [-0.15, -0.1) is 11.3 Å². The number of rotatable bonds is 4. The van der Waals surface area contributed by atoms with Crippen LogP contribution < -0.4 is 4.74 Å². The summed E-state index contributed by atoms with van der Waals surface area (Å²) in [6.07, 6.45) is 2.88. The molecule has 28 heavy (non-hydrogen) atoms. The summed E-state index contributed by atoms with van der Waals surface area (Å²) in [7, 11) is 0. The smallest absolute Gasteiger partial charge is 0.254 e. The number of amides is 1. The number of likely N-dealkylation sites (tertiary alicyclic amines) is 1. The van der Waals surface area contributed by atoms with Gasteiger partial charge >= 0.3 is 0 Å². The second-order valence-electron chi connectivity index (χ2n) is 6.90. The summed E-state index contributed by atoms with van der Waals surface area (Å²) in [5.41, 5.74) is 0.490. The van der Waals surface area contributed by atoms with E-state index in [-0.39, 0.29) is 24.3 Å². The molecule has 0 radical (unpaired) electrons. The number of piperidine rings is 1. The number of fused-ring (bicyclic) bond motifs is 1. The van der Waals surface area contributed by atoms with Crippen LogP contribution >= 0.6 is 11.3 Å². The summed E-state index contributed by atoms with van der Waals surface area (Å²) in [5.74, 6) is 0.452. The van der Waals surface area contributed by atoms with Crippen molar-refractivity contribution < 1.29 is 19.4 Å². The number of ketones is 1. The molecule has 2 aromatic heterocycles. The van der Waals surface area contributed by atoms with E-state index < -0.39 is 6.10 Å². The van der Waals surface area contributed by atoms with E-state index in [2.05, 4.69) is 4.98 Å². The number of aromatic nitrogens is 1. The molecule has 1 fully saturated rings. The number of hydrogen-bond donors (Lipinski definition) is 1. The number of aliphatic hydroxyl groups is 1. The van der Waals surface area contributed by atoms with Gasteiger partial charge in [0.05, 0.1) is 17.0 Å². The molecule has 144 valence electrons. The lowest BCUT2D eigenvalue weighted by Crippen LogP contribution is -2.50. The Balaban J connectivity index is 1.41. The van der Waals surface area contributed by atoms with Gasteiger partial charge < -0.3 is 14.7 Å². The molecule has 1 saturated heterocycles. The van der Waals surface area contributed by atoms with Crippen LogP contribution in [-0.2, 0) is 0 Å². The molecule has 0 saturated carbocycles. The van der Waals surface area contributed by atoms with Crippen LogP contribution in [0.3, 0.4) is 0 Å². The molecule has 1 aromatic carbocycles. The molecule has 6 nitrogen and oxygen atoms in total. The van der Waals surface area contributed by atoms with Gasteiger partial charge in [0, 0.05) is 36.1 Å². The predicted molar refractivity (Wildman–Crippen MR) is 107 cm³/mol. The number of Topliss-reactive ketones (excluding diaryl/α,β-unsaturated/α-hetero) is 1. The van der Waals surface area contributed by atoms with Crippen LogP contribution in [0.25, 0.3) is 10.8 Å². The van der Waals surface area contributed by atoms with Gasteiger partial charge in [0.2, 0.25) is 0 Å². The molecule has 7 heteroatoms. The molecular formula is C21H20N2O4S. The second kappa shape index (κ2) is 7.69. The molecule has 1 N–H and O–H groups in total. The third-order valence-corrected chi connectivity index (χ3v) is 5.93. The summed E-state index contributed by atoms with van der Waals surface area (Å²) < 4.78 is 5.99. The van der Waals surface area contributed by atoms with Crippen LogP contribution in [0, 0.1) is 0 Å². The van der Waals surface area contributed by atoms with Crippen molar-refractivity contribution in [2.45, 2.75) is 25.6 Å². The highest BCUT2D eigenvalue weighted by atomic mass is 32.1. The fourth-order valence-corrected chi connectivity index (χ4v) is 4.14. The molecule has 0 bridgehead atoms. The van der Waals surface area contributed by atoms with Gasteiger partial charge in [-0.25, -0.2) is 0 Å². The maximum atomic E-state index is 12.7. The first-order valence-electron chi connectivity index (χ1n) is 9.08. The fraction of sp³-hybridized carbons (Fsp3) is 0.286. The van der Waals surface area contributed by atoms with E-state index in [4.69, 9.17) is 4.74 Å². The third kappa shape index (κ3) is 3.76. The number of pyridine rings is 1. The fourth-order valence-electron chi connectivity index (χ4n) is 3.36. The van der Waals surface area contributed by atoms with E-state index in [9.17, 15) is 14.7 Å². The van der Waals surface area contributed by atoms with Crippen molar-refractivity contribution in [3.63, 3.8) is 0 Å². The Bertz CT molecular complexity index is 1030. The predicted octanol–water partition coefficient (Wildman–Crippen LogP) is 3.15. The number of benzene rings is 1. The monoisotopic (exact) mass is 396 g/mol. The van der Waals surface area contributed by atoms with E-state index in [0.717, 1.165) is 10.8 Å². The maximum Gasteiger partial charge on any atom is 0.254 e. The normalized spacial score (nSPS) is 19.6. The number of carbonyl (C=O) groups is 2. The van der Waals surface area contributed by atoms with Crippen molar-refractivity contribution in [2.24, 2.45) is 0 Å². The molecule has 0 aliphatic carbocycles. The van der Waals surface area contributed by atoms with Crippen molar-refractivity contribution >= 4 is 33.8 Å². The molecule has 4 rings (SSSR count). The zero-order chi connectivity index (χ0) is 19.7. The van der Waals surface area contributed by atoms with Crippen molar-refractivity contribution in [1.29, 1.82) is 0 Å². The summed E-state index contributed by atoms with van der Waals surface area (Å²) in [5, 5.41) is 14.3. The highest BCUT2D eigenvalue weighted by molar-refractivity contribution is 7.12. The lowest BCUT2D eigenvalue weighted by Gasteiger charge is -2.35. The summed E-state index contributed by atoms with van der Waals surface area (Å²) in [6.45, 7) is 2.17. The minimum absolute atomic E-state index is 0.0539. The van der Waals surface area contributed by atoms with Gasteiger partial charge in [-0.05, 0) is 36.6 Å². The highest BCUT2D eigenvalue weighted by Gasteiger charge is 2.32. The quantitative estimate of drug-likeness (QED) is 0.686. The van der Waals surface area contributed by atoms with Crippen molar-refractivity contribution in [3.05, 3.63) is 58.5 Å². The molecule has 3 aromatic rings. The largest absolute Gasteiger partial charge is 0.488 e. The van der Waals surface area contributed by atoms with Crippen molar-refractivity contribution in [1.82, 2.24) is 9.88 Å². The van der Waals surface area contributed by atoms with Gasteiger partial charge in [0.15, 0.2) is 5.78 Å². The Morgan fingerprint density at radius 1 is 1.25 bits per heavy atom. The molecule has 1 amide bonds. The minimum Gasteiger partial charge on any atom is -0.488 e. The summed E-state index contributed by atoms with van der Waals surface area (Å²) in [4.78, 5) is 30.4. The average molecular weight is 396 g/mol. The van der Waals surface area contributed by atoms with Gasteiger partial charge in [0.25, 0.3) is 5.91 Å². The van der Waals surface area contributed by atoms with E-state index in [1.807, 2.05) is 24.3 Å². The Labute approximate surface area is 166 Å². The zero-order valence-electron chi connectivity index (χ0n) is 15.4. The third-order valence-electron chi connectivity index (χ3n) is 4.90. The maximum absolute atomic E-state index is 12.7. The van der Waals surface area contributed by atoms with Crippen LogP contribution in [0.1, 0.15) is 33.4 Å². The van der Waals surface area contributed by atoms with Crippen molar-refractivity contribution in [3.8, 4) is 5.75 Å². The molecule has 0 spiro atoms. The van der Waals surface area contributed by atoms with Gasteiger partial charge in [-0.2, -0.15) is 0 Å². The molecule has 1 aliphatic heterocycles. The first kappa shape index (κ1) is 18.6. The Morgan fingerprint density at radius 2 is 2.11 bits per heavy atom. The highest BCUT2D eigenvalue weighted by Crippen LogP contribution is 2.25. The minimum atomic E-state index is -0.784. The van der Waals surface area contributed by atoms with Crippen LogP contribution in [0.15, 0.2) is 48.1 Å². The zero-order valence-corrected chi connectivity index (χ0v) is 16.2. The standard InChI is InChI=1S/C21H20N2O4S/c1-13(24)20-9-16(12-28-20)21(26)23-7-5-19(18(25)11-23)27-17-3-2-14-4-6-22-10-15(14)8-17/h2-4,6,8-10,12,18-19,25H,5,7,11H2,1H3/t18-,19-/m1/s1. The first-order valence-corrected chi connectivity index (χ1v) is 9.96. The van der Waals surface area contributed by atoms with E-state index in [1.54, 1.807) is 28.7 Å². The topological polar surface area (TPSA) is 79.7 Å². The Kier molecular flexibility index (Phi) is 5.11. The number of ether oxygens (including phenoxy) is 1. The van der Waals surface area contributed by atoms with Crippen LogP contribution in [0.5, 0.6) is 5.75 Å². The SMILES string of the molecule is CC(=O)c1cc(C(=O)N2CC[C@@H](Oc3ccc4ccncc4c3)[C@H](O)C2)cs1. The van der Waals surface area contributed by atoms with Crippen molar-refractivity contribution in [2.75, 3.05) is 13.1 Å². The van der Waals surface area contributed by atoms with E-state index in [1.165, 1.54) is 18.3 Å². The Morgan fingerprint density at radius 3 is 2.86 bits per heavy atom. The number of hydrogen-bond acceptors (Lipinski definition) is 6. The number of β-amino-alcohol motifs (C(OH)–C–C–N with tert-alkyl or cyclic N) is 1. The average Bonchev–Trinajstić information content (AvgIpc) is 3.19. The van der Waals surface area contributed by atoms with Gasteiger partial charge in [-0.1, -0.05) is 6.07 Å². The second-order valence-corrected chi connectivity index (χ2v) is 7.82. The summed E-state index contributed by atoms with van der Waals surface area (Å²) >= 11 is 1.26. The van der Waals surface area contributed by atoms with Gasteiger partial charge in [-0.3, -0.25) is 14.6 Å². The van der Waals surface area contributed by atoms with Crippen LogP contribution in [0.4, 0.5) is 0 Å². The van der Waals surface area contributed by atoms with Crippen LogP contribution in [0.2, 0.25) is 0 Å². The lowest BCUT2D eigenvalue weighted by atomic mass is 10.0. The van der Waals surface area contributed by atoms with Gasteiger partial charge in [0.1, 0.15) is 18.0 Å². The lowest BCUT2D eigenvalue weighted by molar-refractivity contribution is -0.0198. The Hall–Kier alpha value is -2.77. The molecule has 1 aliphatic rings. The number of aliphatic hydroxyl groups excluding tert-OH is 1. The molecule has 2 atom stereocenters. The van der Waals surface area contributed by atoms with E-state index >= 15 is 0 Å². The molecule has 3 heterocycles. The number of thiophene rings is 1. The molecular weight excluding hydrogens is 376 g/mol.